The summed E-state index contributed by atoms with van der Waals surface area (Å²) in [6, 6.07) is 0. The predicted molar refractivity (Wildman–Crippen MR) is 40.2 cm³/mol. The van der Waals surface area contributed by atoms with Gasteiger partial charge in [-0.2, -0.15) is 0 Å². The number of aromatic nitrogens is 2. The van der Waals surface area contributed by atoms with E-state index in [1.165, 1.54) is 18.3 Å². The Morgan fingerprint density at radius 3 is 2.42 bits per heavy atom. The SMILES string of the molecule is O=C1C=CC(=O)N1c1ncc[nH]1. The third-order valence-electron chi connectivity index (χ3n) is 1.50. The van der Waals surface area contributed by atoms with Crippen LogP contribution >= 0.6 is 0 Å². The summed E-state index contributed by atoms with van der Waals surface area (Å²) < 4.78 is 0. The Balaban J connectivity index is 2.37. The van der Waals surface area contributed by atoms with Crippen molar-refractivity contribution in [2.45, 2.75) is 0 Å². The van der Waals surface area contributed by atoms with E-state index in [1.807, 2.05) is 0 Å². The maximum absolute atomic E-state index is 11.0. The van der Waals surface area contributed by atoms with E-state index >= 15 is 0 Å². The first-order valence-electron chi connectivity index (χ1n) is 3.34. The summed E-state index contributed by atoms with van der Waals surface area (Å²) in [6.45, 7) is 0. The Kier molecular flexibility index (Phi) is 1.30. The van der Waals surface area contributed by atoms with Crippen molar-refractivity contribution >= 4 is 17.8 Å². The van der Waals surface area contributed by atoms with E-state index in [9.17, 15) is 9.59 Å². The van der Waals surface area contributed by atoms with Crippen molar-refractivity contribution in [2.24, 2.45) is 0 Å². The predicted octanol–water partition coefficient (Wildman–Crippen LogP) is -0.161. The zero-order valence-electron chi connectivity index (χ0n) is 6.02. The molecule has 60 valence electrons. The third-order valence-corrected chi connectivity index (χ3v) is 1.50. The molecule has 0 atom stereocenters. The molecule has 1 N–H and O–H groups in total. The summed E-state index contributed by atoms with van der Waals surface area (Å²) in [6.07, 6.45) is 5.46. The van der Waals surface area contributed by atoms with Crippen molar-refractivity contribution in [3.8, 4) is 0 Å². The van der Waals surface area contributed by atoms with Crippen LogP contribution in [-0.4, -0.2) is 21.8 Å². The molecular weight excluding hydrogens is 158 g/mol. The minimum absolute atomic E-state index is 0.259. The van der Waals surface area contributed by atoms with Gasteiger partial charge in [-0.1, -0.05) is 0 Å². The van der Waals surface area contributed by atoms with Gasteiger partial charge < -0.3 is 4.98 Å². The fraction of sp³-hybridized carbons (Fsp3) is 0. The molecule has 0 saturated heterocycles. The van der Waals surface area contributed by atoms with Gasteiger partial charge in [-0.15, -0.1) is 0 Å². The summed E-state index contributed by atoms with van der Waals surface area (Å²) in [4.78, 5) is 29.5. The number of H-pyrrole nitrogens is 1. The van der Waals surface area contributed by atoms with Gasteiger partial charge in [0.15, 0.2) is 0 Å². The average molecular weight is 163 g/mol. The van der Waals surface area contributed by atoms with Crippen LogP contribution in [0.3, 0.4) is 0 Å². The lowest BCUT2D eigenvalue weighted by Gasteiger charge is -2.08. The number of anilines is 1. The lowest BCUT2D eigenvalue weighted by atomic mass is 10.6. The molecule has 0 saturated carbocycles. The zero-order chi connectivity index (χ0) is 8.55. The normalized spacial score (nSPS) is 16.2. The highest BCUT2D eigenvalue weighted by Gasteiger charge is 2.26. The second-order valence-electron chi connectivity index (χ2n) is 2.26. The Morgan fingerprint density at radius 1 is 1.25 bits per heavy atom. The third kappa shape index (κ3) is 0.833. The molecule has 0 unspecified atom stereocenters. The number of hydrogen-bond acceptors (Lipinski definition) is 3. The highest BCUT2D eigenvalue weighted by Crippen LogP contribution is 2.11. The molecule has 1 aromatic heterocycles. The molecule has 0 spiro atoms. The van der Waals surface area contributed by atoms with E-state index in [0.29, 0.717) is 0 Å². The lowest BCUT2D eigenvalue weighted by molar-refractivity contribution is -0.120. The Hall–Kier alpha value is -1.91. The maximum Gasteiger partial charge on any atom is 0.260 e. The highest BCUT2D eigenvalue weighted by molar-refractivity contribution is 6.27. The van der Waals surface area contributed by atoms with Crippen LogP contribution in [0.4, 0.5) is 5.95 Å². The number of nitrogens with zero attached hydrogens (tertiary/aromatic N) is 2. The van der Waals surface area contributed by atoms with Crippen LogP contribution in [0.15, 0.2) is 24.5 Å². The summed E-state index contributed by atoms with van der Waals surface area (Å²) in [5.41, 5.74) is 0. The summed E-state index contributed by atoms with van der Waals surface area (Å²) in [7, 11) is 0. The minimum atomic E-state index is -0.366. The van der Waals surface area contributed by atoms with E-state index in [-0.39, 0.29) is 17.8 Å². The minimum Gasteiger partial charge on any atom is -0.330 e. The molecule has 2 amide bonds. The number of imidazole rings is 1. The average Bonchev–Trinajstić information content (AvgIpc) is 2.61. The van der Waals surface area contributed by atoms with Crippen LogP contribution in [0.5, 0.6) is 0 Å². The van der Waals surface area contributed by atoms with Crippen molar-refractivity contribution in [1.82, 2.24) is 9.97 Å². The van der Waals surface area contributed by atoms with Crippen LogP contribution < -0.4 is 4.90 Å². The molecule has 0 aliphatic carbocycles. The van der Waals surface area contributed by atoms with Crippen LogP contribution in [0.1, 0.15) is 0 Å². The number of hydrogen-bond donors (Lipinski definition) is 1. The second-order valence-corrected chi connectivity index (χ2v) is 2.26. The van der Waals surface area contributed by atoms with Crippen LogP contribution in [0, 0.1) is 0 Å². The standard InChI is InChI=1S/C7H5N3O2/c11-5-1-2-6(12)10(5)7-8-3-4-9-7/h1-4H,(H,8,9). The van der Waals surface area contributed by atoms with Gasteiger partial charge in [0.2, 0.25) is 5.95 Å². The van der Waals surface area contributed by atoms with Crippen molar-refractivity contribution in [2.75, 3.05) is 4.90 Å². The fourth-order valence-electron chi connectivity index (χ4n) is 0.988. The van der Waals surface area contributed by atoms with Gasteiger partial charge in [-0.05, 0) is 0 Å². The molecule has 0 fully saturated rings. The van der Waals surface area contributed by atoms with Crippen LogP contribution in [0.2, 0.25) is 0 Å². The molecule has 5 heteroatoms. The van der Waals surface area contributed by atoms with Crippen LogP contribution in [0.25, 0.3) is 0 Å². The maximum atomic E-state index is 11.0. The molecule has 0 aromatic carbocycles. The Bertz CT molecular complexity index is 335. The molecule has 1 aliphatic heterocycles. The summed E-state index contributed by atoms with van der Waals surface area (Å²) in [5, 5.41) is 0. The number of imide groups is 1. The van der Waals surface area contributed by atoms with Crippen molar-refractivity contribution < 1.29 is 9.59 Å². The first kappa shape index (κ1) is 6.78. The van der Waals surface area contributed by atoms with Crippen molar-refractivity contribution in [3.63, 3.8) is 0 Å². The molecule has 2 heterocycles. The van der Waals surface area contributed by atoms with Gasteiger partial charge in [-0.3, -0.25) is 9.59 Å². The Morgan fingerprint density at radius 2 is 1.92 bits per heavy atom. The number of aromatic amines is 1. The van der Waals surface area contributed by atoms with Gasteiger partial charge >= 0.3 is 0 Å². The number of carbonyl (C=O) groups is 2. The quantitative estimate of drug-likeness (QED) is 0.585. The van der Waals surface area contributed by atoms with E-state index in [2.05, 4.69) is 9.97 Å². The molecule has 1 aromatic rings. The van der Waals surface area contributed by atoms with E-state index in [1.54, 1.807) is 6.20 Å². The highest BCUT2D eigenvalue weighted by atomic mass is 16.2. The smallest absolute Gasteiger partial charge is 0.260 e. The zero-order valence-corrected chi connectivity index (χ0v) is 6.02. The second kappa shape index (κ2) is 2.30. The number of carbonyl (C=O) groups excluding carboxylic acids is 2. The van der Waals surface area contributed by atoms with Gasteiger partial charge in [-0.25, -0.2) is 9.88 Å². The first-order valence-corrected chi connectivity index (χ1v) is 3.34. The molecule has 12 heavy (non-hydrogen) atoms. The van der Waals surface area contributed by atoms with Crippen molar-refractivity contribution in [3.05, 3.63) is 24.5 Å². The molecule has 0 bridgehead atoms. The number of nitrogens with one attached hydrogen (secondary N) is 1. The monoisotopic (exact) mass is 163 g/mol. The number of amides is 2. The largest absolute Gasteiger partial charge is 0.330 e. The van der Waals surface area contributed by atoms with Gasteiger partial charge in [0, 0.05) is 24.5 Å². The number of rotatable bonds is 1. The fourth-order valence-corrected chi connectivity index (χ4v) is 0.988. The van der Waals surface area contributed by atoms with Crippen molar-refractivity contribution in [1.29, 1.82) is 0 Å². The topological polar surface area (TPSA) is 66.1 Å². The van der Waals surface area contributed by atoms with Gasteiger partial charge in [0.1, 0.15) is 0 Å². The molecular formula is C7H5N3O2. The van der Waals surface area contributed by atoms with E-state index < -0.39 is 0 Å². The van der Waals surface area contributed by atoms with Gasteiger partial charge in [0.05, 0.1) is 0 Å². The molecule has 5 nitrogen and oxygen atoms in total. The lowest BCUT2D eigenvalue weighted by Crippen LogP contribution is -2.30. The van der Waals surface area contributed by atoms with E-state index in [4.69, 9.17) is 0 Å². The van der Waals surface area contributed by atoms with E-state index in [0.717, 1.165) is 4.90 Å². The van der Waals surface area contributed by atoms with Crippen LogP contribution in [-0.2, 0) is 9.59 Å². The molecule has 2 rings (SSSR count). The van der Waals surface area contributed by atoms with Gasteiger partial charge in [0.25, 0.3) is 11.8 Å². The summed E-state index contributed by atoms with van der Waals surface area (Å²) in [5.74, 6) is -0.472. The molecule has 1 aliphatic rings. The Labute approximate surface area is 67.7 Å². The summed E-state index contributed by atoms with van der Waals surface area (Å²) >= 11 is 0. The molecule has 0 radical (unpaired) electrons. The first-order chi connectivity index (χ1) is 5.79.